The van der Waals surface area contributed by atoms with Gasteiger partial charge in [0.15, 0.2) is 0 Å². The Kier molecular flexibility index (Phi) is 2.94. The lowest BCUT2D eigenvalue weighted by Gasteiger charge is -1.94. The molecule has 2 radical (unpaired) electrons. The molecule has 1 aromatic rings. The van der Waals surface area contributed by atoms with Crippen molar-refractivity contribution in [3.8, 4) is 0 Å². The van der Waals surface area contributed by atoms with Crippen molar-refractivity contribution in [2.45, 2.75) is 12.8 Å². The van der Waals surface area contributed by atoms with Crippen LogP contribution in [0.3, 0.4) is 0 Å². The van der Waals surface area contributed by atoms with E-state index in [1.54, 1.807) is 6.20 Å². The molecule has 1 aromatic heterocycles. The summed E-state index contributed by atoms with van der Waals surface area (Å²) in [5, 5.41) is 0. The van der Waals surface area contributed by atoms with Crippen LogP contribution in [0.1, 0.15) is 18.5 Å². The third-order valence-corrected chi connectivity index (χ3v) is 1.25. The summed E-state index contributed by atoms with van der Waals surface area (Å²) in [6.07, 6.45) is 5.84. The van der Waals surface area contributed by atoms with Gasteiger partial charge in [-0.2, -0.15) is 0 Å². The van der Waals surface area contributed by atoms with E-state index in [2.05, 4.69) is 18.3 Å². The highest BCUT2D eigenvalue weighted by atomic mass is 14.7. The lowest BCUT2D eigenvalue weighted by atomic mass is 10.2. The number of pyridine rings is 1. The Bertz CT molecular complexity index is 169. The molecule has 0 aromatic carbocycles. The Morgan fingerprint density at radius 1 is 1.50 bits per heavy atom. The van der Waals surface area contributed by atoms with E-state index in [1.807, 2.05) is 18.2 Å². The van der Waals surface area contributed by atoms with E-state index in [0.717, 1.165) is 18.5 Å². The molecular formula is C9H11N. The third-order valence-electron chi connectivity index (χ3n) is 1.25. The van der Waals surface area contributed by atoms with E-state index < -0.39 is 0 Å². The summed E-state index contributed by atoms with van der Waals surface area (Å²) in [4.78, 5) is 4.13. The molecule has 0 aliphatic heterocycles. The zero-order chi connectivity index (χ0) is 7.23. The van der Waals surface area contributed by atoms with E-state index in [0.29, 0.717) is 0 Å². The maximum atomic E-state index is 4.13. The van der Waals surface area contributed by atoms with Gasteiger partial charge in [-0.05, 0) is 18.6 Å². The minimum absolute atomic E-state index is 0.941. The summed E-state index contributed by atoms with van der Waals surface area (Å²) in [5.41, 5.74) is 1.05. The van der Waals surface area contributed by atoms with Crippen molar-refractivity contribution in [3.05, 3.63) is 43.4 Å². The molecule has 1 heteroatoms. The van der Waals surface area contributed by atoms with Crippen LogP contribution in [0.5, 0.6) is 0 Å². The molecular weight excluding hydrogens is 122 g/mol. The highest BCUT2D eigenvalue weighted by Crippen LogP contribution is 2.01. The summed E-state index contributed by atoms with van der Waals surface area (Å²) in [7, 11) is 0. The first-order chi connectivity index (χ1) is 4.93. The Hall–Kier alpha value is -0.850. The fourth-order valence-electron chi connectivity index (χ4n) is 0.747. The van der Waals surface area contributed by atoms with Gasteiger partial charge in [0.25, 0.3) is 0 Å². The molecule has 0 saturated heterocycles. The molecule has 0 saturated carbocycles. The maximum Gasteiger partial charge on any atom is 0.0441 e. The van der Waals surface area contributed by atoms with Crippen molar-refractivity contribution in [3.63, 3.8) is 0 Å². The standard InChI is InChI=1S/C9H11N/c1-2-3-6-9-7-4-5-8-10-9/h4-8H,1-3H2. The SMILES string of the molecule is [CH2]CC[CH]c1ccccn1. The van der Waals surface area contributed by atoms with Gasteiger partial charge in [-0.25, -0.2) is 0 Å². The first-order valence-corrected chi connectivity index (χ1v) is 3.47. The molecule has 0 aliphatic rings. The topological polar surface area (TPSA) is 12.9 Å². The van der Waals surface area contributed by atoms with Crippen molar-refractivity contribution in [1.82, 2.24) is 4.98 Å². The summed E-state index contributed by atoms with van der Waals surface area (Å²) < 4.78 is 0. The highest BCUT2D eigenvalue weighted by Gasteiger charge is 1.89. The lowest BCUT2D eigenvalue weighted by Crippen LogP contribution is -1.84. The molecule has 10 heavy (non-hydrogen) atoms. The summed E-state index contributed by atoms with van der Waals surface area (Å²) in [6, 6.07) is 5.90. The Balaban J connectivity index is 2.43. The third kappa shape index (κ3) is 2.18. The number of unbranched alkanes of at least 4 members (excludes halogenated alkanes) is 1. The second-order valence-electron chi connectivity index (χ2n) is 2.10. The van der Waals surface area contributed by atoms with Gasteiger partial charge >= 0.3 is 0 Å². The molecule has 1 heterocycles. The van der Waals surface area contributed by atoms with Gasteiger partial charge in [0.05, 0.1) is 0 Å². The van der Waals surface area contributed by atoms with Crippen LogP contribution in [0.15, 0.2) is 24.4 Å². The summed E-state index contributed by atoms with van der Waals surface area (Å²) in [5.74, 6) is 0. The number of aromatic nitrogens is 1. The van der Waals surface area contributed by atoms with E-state index >= 15 is 0 Å². The number of hydrogen-bond donors (Lipinski definition) is 0. The minimum Gasteiger partial charge on any atom is -0.261 e. The van der Waals surface area contributed by atoms with E-state index in [-0.39, 0.29) is 0 Å². The minimum atomic E-state index is 0.941. The van der Waals surface area contributed by atoms with Crippen LogP contribution in [0.25, 0.3) is 0 Å². The zero-order valence-corrected chi connectivity index (χ0v) is 5.96. The molecule has 0 unspecified atom stereocenters. The molecule has 1 nitrogen and oxygen atoms in total. The van der Waals surface area contributed by atoms with Crippen molar-refractivity contribution in [2.75, 3.05) is 0 Å². The molecule has 0 atom stereocenters. The lowest BCUT2D eigenvalue weighted by molar-refractivity contribution is 0.966. The largest absolute Gasteiger partial charge is 0.261 e. The van der Waals surface area contributed by atoms with Gasteiger partial charge in [0.1, 0.15) is 0 Å². The van der Waals surface area contributed by atoms with Crippen molar-refractivity contribution in [2.24, 2.45) is 0 Å². The molecule has 0 amide bonds. The first kappa shape index (κ1) is 7.26. The van der Waals surface area contributed by atoms with E-state index in [9.17, 15) is 0 Å². The van der Waals surface area contributed by atoms with Crippen LogP contribution in [0.4, 0.5) is 0 Å². The molecule has 0 N–H and O–H groups in total. The second kappa shape index (κ2) is 4.04. The predicted octanol–water partition coefficient (Wildman–Crippen LogP) is 2.25. The average Bonchev–Trinajstić information content (AvgIpc) is 2.03. The molecule has 52 valence electrons. The van der Waals surface area contributed by atoms with Crippen LogP contribution in [-0.4, -0.2) is 4.98 Å². The van der Waals surface area contributed by atoms with E-state index in [1.165, 1.54) is 0 Å². The maximum absolute atomic E-state index is 4.13. The predicted molar refractivity (Wildman–Crippen MR) is 42.2 cm³/mol. The smallest absolute Gasteiger partial charge is 0.0441 e. The first-order valence-electron chi connectivity index (χ1n) is 3.47. The fraction of sp³-hybridized carbons (Fsp3) is 0.222. The Labute approximate surface area is 62.1 Å². The van der Waals surface area contributed by atoms with Gasteiger partial charge in [0, 0.05) is 18.3 Å². The van der Waals surface area contributed by atoms with Crippen molar-refractivity contribution < 1.29 is 0 Å². The fourth-order valence-corrected chi connectivity index (χ4v) is 0.747. The van der Waals surface area contributed by atoms with Crippen LogP contribution in [0, 0.1) is 13.3 Å². The van der Waals surface area contributed by atoms with Gasteiger partial charge < -0.3 is 0 Å². The molecule has 0 bridgehead atoms. The second-order valence-corrected chi connectivity index (χ2v) is 2.10. The molecule has 0 fully saturated rings. The highest BCUT2D eigenvalue weighted by molar-refractivity contribution is 5.12. The van der Waals surface area contributed by atoms with Gasteiger partial charge in [-0.3, -0.25) is 4.98 Å². The number of rotatable bonds is 3. The van der Waals surface area contributed by atoms with Crippen LogP contribution in [-0.2, 0) is 0 Å². The Morgan fingerprint density at radius 3 is 3.00 bits per heavy atom. The van der Waals surface area contributed by atoms with E-state index in [4.69, 9.17) is 0 Å². The van der Waals surface area contributed by atoms with Gasteiger partial charge in [0.2, 0.25) is 0 Å². The number of hydrogen-bond acceptors (Lipinski definition) is 1. The molecule has 1 rings (SSSR count). The summed E-state index contributed by atoms with van der Waals surface area (Å²) >= 11 is 0. The zero-order valence-electron chi connectivity index (χ0n) is 5.96. The van der Waals surface area contributed by atoms with Crippen molar-refractivity contribution in [1.29, 1.82) is 0 Å². The summed E-state index contributed by atoms with van der Waals surface area (Å²) in [6.45, 7) is 3.74. The van der Waals surface area contributed by atoms with Crippen LogP contribution < -0.4 is 0 Å². The average molecular weight is 133 g/mol. The quantitative estimate of drug-likeness (QED) is 0.616. The van der Waals surface area contributed by atoms with Crippen molar-refractivity contribution >= 4 is 0 Å². The Morgan fingerprint density at radius 2 is 2.40 bits per heavy atom. The van der Waals surface area contributed by atoms with Crippen LogP contribution in [0.2, 0.25) is 0 Å². The normalized spacial score (nSPS) is 9.70. The molecule has 0 aliphatic carbocycles. The molecule has 0 spiro atoms. The van der Waals surface area contributed by atoms with Gasteiger partial charge in [-0.15, -0.1) is 0 Å². The number of nitrogens with zero attached hydrogens (tertiary/aromatic N) is 1. The van der Waals surface area contributed by atoms with Crippen LogP contribution >= 0.6 is 0 Å². The van der Waals surface area contributed by atoms with Gasteiger partial charge in [-0.1, -0.05) is 19.4 Å². The monoisotopic (exact) mass is 133 g/mol.